The van der Waals surface area contributed by atoms with Crippen molar-refractivity contribution in [2.75, 3.05) is 32.3 Å². The molecule has 0 aliphatic carbocycles. The van der Waals surface area contributed by atoms with E-state index >= 15 is 0 Å². The summed E-state index contributed by atoms with van der Waals surface area (Å²) in [5.41, 5.74) is 0. The summed E-state index contributed by atoms with van der Waals surface area (Å²) in [5, 5.41) is 15.3. The van der Waals surface area contributed by atoms with Crippen LogP contribution in [0, 0.1) is 0 Å². The van der Waals surface area contributed by atoms with Crippen molar-refractivity contribution in [1.82, 2.24) is 25.5 Å². The van der Waals surface area contributed by atoms with Crippen molar-refractivity contribution in [3.63, 3.8) is 0 Å². The van der Waals surface area contributed by atoms with Crippen LogP contribution < -0.4 is 5.32 Å². The van der Waals surface area contributed by atoms with Gasteiger partial charge in [-0.2, -0.15) is 11.8 Å². The number of thioether (sulfide) groups is 1. The molecular formula is C12H25N5OS. The maximum atomic E-state index is 5.02. The standard InChI is InChI=1S/C12H25N5OS/c1-11(13-7-9-18-2)12-14-15-16-17(12)8-5-4-6-10-19-3/h11,13H,4-10H2,1-3H3. The maximum Gasteiger partial charge on any atom is 0.167 e. The first-order valence-electron chi connectivity index (χ1n) is 6.77. The zero-order valence-electron chi connectivity index (χ0n) is 12.1. The SMILES string of the molecule is COCCNC(C)c1nnnn1CCCCCSC. The lowest BCUT2D eigenvalue weighted by Gasteiger charge is -2.13. The fourth-order valence-electron chi connectivity index (χ4n) is 1.83. The van der Waals surface area contributed by atoms with Crippen molar-refractivity contribution in [1.29, 1.82) is 0 Å². The highest BCUT2D eigenvalue weighted by atomic mass is 32.2. The second-order valence-corrected chi connectivity index (χ2v) is 5.47. The second-order valence-electron chi connectivity index (χ2n) is 4.48. The van der Waals surface area contributed by atoms with Gasteiger partial charge in [0, 0.05) is 20.2 Å². The molecule has 0 spiro atoms. The minimum atomic E-state index is 0.149. The molecule has 1 aromatic heterocycles. The lowest BCUT2D eigenvalue weighted by Crippen LogP contribution is -2.25. The van der Waals surface area contributed by atoms with Crippen LogP contribution >= 0.6 is 11.8 Å². The predicted molar refractivity (Wildman–Crippen MR) is 78.3 cm³/mol. The minimum absolute atomic E-state index is 0.149. The van der Waals surface area contributed by atoms with Crippen LogP contribution in [0.15, 0.2) is 0 Å². The third-order valence-corrected chi connectivity index (χ3v) is 3.62. The fraction of sp³-hybridized carbons (Fsp3) is 0.917. The number of aryl methyl sites for hydroxylation is 1. The summed E-state index contributed by atoms with van der Waals surface area (Å²) < 4.78 is 6.93. The molecule has 0 saturated heterocycles. The van der Waals surface area contributed by atoms with Gasteiger partial charge in [0.2, 0.25) is 0 Å². The molecule has 0 radical (unpaired) electrons. The Balaban J connectivity index is 2.32. The molecule has 7 heteroatoms. The van der Waals surface area contributed by atoms with Crippen molar-refractivity contribution in [2.45, 2.75) is 38.8 Å². The van der Waals surface area contributed by atoms with Crippen LogP contribution in [0.4, 0.5) is 0 Å². The molecule has 1 heterocycles. The normalized spacial score (nSPS) is 12.8. The number of unbranched alkanes of at least 4 members (excludes halogenated alkanes) is 2. The largest absolute Gasteiger partial charge is 0.383 e. The van der Waals surface area contributed by atoms with Crippen LogP contribution in [0.3, 0.4) is 0 Å². The molecule has 0 aliphatic rings. The summed E-state index contributed by atoms with van der Waals surface area (Å²) in [7, 11) is 1.70. The molecule has 0 fully saturated rings. The van der Waals surface area contributed by atoms with Gasteiger partial charge in [0.15, 0.2) is 5.82 Å². The van der Waals surface area contributed by atoms with Gasteiger partial charge < -0.3 is 10.1 Å². The molecule has 0 bridgehead atoms. The third-order valence-electron chi connectivity index (χ3n) is 2.92. The average molecular weight is 287 g/mol. The molecule has 1 atom stereocenters. The molecule has 0 aromatic carbocycles. The maximum absolute atomic E-state index is 5.02. The number of methoxy groups -OCH3 is 1. The van der Waals surface area contributed by atoms with Crippen LogP contribution in [0.25, 0.3) is 0 Å². The number of ether oxygens (including phenoxy) is 1. The Morgan fingerprint density at radius 1 is 1.37 bits per heavy atom. The van der Waals surface area contributed by atoms with Crippen molar-refractivity contribution in [3.8, 4) is 0 Å². The van der Waals surface area contributed by atoms with Crippen molar-refractivity contribution < 1.29 is 4.74 Å². The molecular weight excluding hydrogens is 262 g/mol. The molecule has 6 nitrogen and oxygen atoms in total. The summed E-state index contributed by atoms with van der Waals surface area (Å²) in [5.74, 6) is 2.14. The van der Waals surface area contributed by atoms with E-state index in [1.807, 2.05) is 16.4 Å². The van der Waals surface area contributed by atoms with E-state index < -0.39 is 0 Å². The molecule has 1 rings (SSSR count). The highest BCUT2D eigenvalue weighted by molar-refractivity contribution is 7.98. The topological polar surface area (TPSA) is 64.9 Å². The van der Waals surface area contributed by atoms with E-state index in [0.29, 0.717) is 6.61 Å². The number of rotatable bonds is 11. The van der Waals surface area contributed by atoms with Gasteiger partial charge in [0.25, 0.3) is 0 Å². The van der Waals surface area contributed by atoms with E-state index in [1.54, 1.807) is 7.11 Å². The van der Waals surface area contributed by atoms with E-state index in [2.05, 4.69) is 34.0 Å². The second kappa shape index (κ2) is 10.2. The molecule has 0 saturated carbocycles. The lowest BCUT2D eigenvalue weighted by atomic mass is 10.2. The number of nitrogens with one attached hydrogen (secondary N) is 1. The van der Waals surface area contributed by atoms with Crippen LogP contribution in [0.5, 0.6) is 0 Å². The van der Waals surface area contributed by atoms with Gasteiger partial charge in [-0.1, -0.05) is 6.42 Å². The van der Waals surface area contributed by atoms with Crippen LogP contribution in [0.1, 0.15) is 38.1 Å². The summed E-state index contributed by atoms with van der Waals surface area (Å²) in [6.45, 7) is 4.47. The minimum Gasteiger partial charge on any atom is -0.383 e. The number of hydrogen-bond donors (Lipinski definition) is 1. The van der Waals surface area contributed by atoms with Gasteiger partial charge in [-0.05, 0) is 42.2 Å². The monoisotopic (exact) mass is 287 g/mol. The van der Waals surface area contributed by atoms with E-state index in [9.17, 15) is 0 Å². The van der Waals surface area contributed by atoms with E-state index in [-0.39, 0.29) is 6.04 Å². The first-order chi connectivity index (χ1) is 9.29. The van der Waals surface area contributed by atoms with Crippen LogP contribution in [0.2, 0.25) is 0 Å². The van der Waals surface area contributed by atoms with Gasteiger partial charge in [-0.3, -0.25) is 0 Å². The van der Waals surface area contributed by atoms with Crippen molar-refractivity contribution in [3.05, 3.63) is 5.82 Å². The summed E-state index contributed by atoms with van der Waals surface area (Å²) in [4.78, 5) is 0. The van der Waals surface area contributed by atoms with Crippen LogP contribution in [-0.2, 0) is 11.3 Å². The quantitative estimate of drug-likeness (QED) is 0.622. The highest BCUT2D eigenvalue weighted by Gasteiger charge is 2.13. The average Bonchev–Trinajstić information content (AvgIpc) is 2.87. The highest BCUT2D eigenvalue weighted by Crippen LogP contribution is 2.09. The van der Waals surface area contributed by atoms with Crippen LogP contribution in [-0.4, -0.2) is 52.5 Å². The summed E-state index contributed by atoms with van der Waals surface area (Å²) >= 11 is 1.90. The molecule has 0 amide bonds. The zero-order valence-corrected chi connectivity index (χ0v) is 12.9. The Labute approximate surface area is 119 Å². The molecule has 1 aromatic rings. The number of aromatic nitrogens is 4. The van der Waals surface area contributed by atoms with Gasteiger partial charge in [-0.15, -0.1) is 5.10 Å². The van der Waals surface area contributed by atoms with Gasteiger partial charge >= 0.3 is 0 Å². The van der Waals surface area contributed by atoms with Gasteiger partial charge in [0.05, 0.1) is 12.6 Å². The molecule has 0 aliphatic heterocycles. The van der Waals surface area contributed by atoms with E-state index in [1.165, 1.54) is 18.6 Å². The smallest absolute Gasteiger partial charge is 0.167 e. The Kier molecular flexibility index (Phi) is 8.77. The van der Waals surface area contributed by atoms with Crippen molar-refractivity contribution >= 4 is 11.8 Å². The summed E-state index contributed by atoms with van der Waals surface area (Å²) in [6.07, 6.45) is 5.77. The molecule has 19 heavy (non-hydrogen) atoms. The van der Waals surface area contributed by atoms with E-state index in [0.717, 1.165) is 25.3 Å². The Hall–Kier alpha value is -0.660. The number of tetrazole rings is 1. The molecule has 1 unspecified atom stereocenters. The van der Waals surface area contributed by atoms with Gasteiger partial charge in [-0.25, -0.2) is 4.68 Å². The first-order valence-corrected chi connectivity index (χ1v) is 8.16. The third kappa shape index (κ3) is 6.35. The van der Waals surface area contributed by atoms with Gasteiger partial charge in [0.1, 0.15) is 0 Å². The Morgan fingerprint density at radius 2 is 2.21 bits per heavy atom. The molecule has 110 valence electrons. The first kappa shape index (κ1) is 16.4. The number of hydrogen-bond acceptors (Lipinski definition) is 6. The fourth-order valence-corrected chi connectivity index (χ4v) is 2.33. The Morgan fingerprint density at radius 3 is 2.95 bits per heavy atom. The number of nitrogens with zero attached hydrogens (tertiary/aromatic N) is 4. The summed E-state index contributed by atoms with van der Waals surface area (Å²) in [6, 6.07) is 0.149. The zero-order chi connectivity index (χ0) is 13.9. The van der Waals surface area contributed by atoms with E-state index in [4.69, 9.17) is 4.74 Å². The lowest BCUT2D eigenvalue weighted by molar-refractivity contribution is 0.195. The molecule has 1 N–H and O–H groups in total. The van der Waals surface area contributed by atoms with Crippen molar-refractivity contribution in [2.24, 2.45) is 0 Å². The predicted octanol–water partition coefficient (Wildman–Crippen LogP) is 1.50. The Bertz CT molecular complexity index is 334.